The minimum Gasteiger partial charge on any atom is -0.468 e. The summed E-state index contributed by atoms with van der Waals surface area (Å²) in [6.45, 7) is 10.6. The summed E-state index contributed by atoms with van der Waals surface area (Å²) in [4.78, 5) is 14.8. The van der Waals surface area contributed by atoms with E-state index in [4.69, 9.17) is 9.47 Å². The van der Waals surface area contributed by atoms with E-state index >= 15 is 0 Å². The molecule has 0 aromatic rings. The van der Waals surface area contributed by atoms with Crippen LogP contribution < -0.4 is 5.32 Å². The lowest BCUT2D eigenvalue weighted by molar-refractivity contribution is -0.151. The molecule has 5 heteroatoms. The summed E-state index contributed by atoms with van der Waals surface area (Å²) in [5, 5.41) is 3.51. The van der Waals surface area contributed by atoms with Crippen molar-refractivity contribution in [2.24, 2.45) is 5.92 Å². The minimum absolute atomic E-state index is 0.137. The van der Waals surface area contributed by atoms with Crippen molar-refractivity contribution in [3.8, 4) is 0 Å². The Morgan fingerprint density at radius 2 is 1.95 bits per heavy atom. The van der Waals surface area contributed by atoms with Gasteiger partial charge in [0.2, 0.25) is 0 Å². The lowest BCUT2D eigenvalue weighted by Gasteiger charge is -2.40. The van der Waals surface area contributed by atoms with Crippen LogP contribution in [0, 0.1) is 5.92 Å². The number of esters is 1. The van der Waals surface area contributed by atoms with Crippen molar-refractivity contribution in [3.63, 3.8) is 0 Å². The number of likely N-dealkylation sites (N-methyl/N-ethyl adjacent to an activating group) is 1. The molecule has 0 amide bonds. The SMILES string of the molecule is CCN(CC(NC(C)C)(C(=O)OC)C1CC1)C(C)COC. The van der Waals surface area contributed by atoms with Gasteiger partial charge < -0.3 is 9.47 Å². The second kappa shape index (κ2) is 8.11. The van der Waals surface area contributed by atoms with Crippen LogP contribution in [0.5, 0.6) is 0 Å². The zero-order valence-electron chi connectivity index (χ0n) is 14.4. The number of hydrogen-bond donors (Lipinski definition) is 1. The molecule has 124 valence electrons. The second-order valence-electron chi connectivity index (χ2n) is 6.40. The molecule has 2 atom stereocenters. The van der Waals surface area contributed by atoms with Crippen molar-refractivity contribution < 1.29 is 14.3 Å². The zero-order valence-corrected chi connectivity index (χ0v) is 14.4. The van der Waals surface area contributed by atoms with Crippen molar-refractivity contribution in [2.45, 2.75) is 58.2 Å². The molecule has 0 bridgehead atoms. The Bertz CT molecular complexity index is 331. The first kappa shape index (κ1) is 18.4. The summed E-state index contributed by atoms with van der Waals surface area (Å²) in [5.41, 5.74) is -0.596. The van der Waals surface area contributed by atoms with Crippen molar-refractivity contribution in [2.75, 3.05) is 33.9 Å². The quantitative estimate of drug-likeness (QED) is 0.622. The molecule has 1 aliphatic carbocycles. The minimum atomic E-state index is -0.596. The lowest BCUT2D eigenvalue weighted by atomic mass is 9.90. The van der Waals surface area contributed by atoms with Gasteiger partial charge in [-0.2, -0.15) is 0 Å². The maximum atomic E-state index is 12.5. The van der Waals surface area contributed by atoms with Crippen LogP contribution in [0.3, 0.4) is 0 Å². The predicted molar refractivity (Wildman–Crippen MR) is 84.3 cm³/mol. The van der Waals surface area contributed by atoms with Crippen LogP contribution in [0.15, 0.2) is 0 Å². The van der Waals surface area contributed by atoms with Crippen LogP contribution in [-0.4, -0.2) is 62.4 Å². The summed E-state index contributed by atoms with van der Waals surface area (Å²) in [5.74, 6) is 0.234. The van der Waals surface area contributed by atoms with E-state index in [1.54, 1.807) is 7.11 Å². The first-order chi connectivity index (χ1) is 9.91. The van der Waals surface area contributed by atoms with Crippen LogP contribution in [-0.2, 0) is 14.3 Å². The molecular formula is C16H32N2O3. The van der Waals surface area contributed by atoms with Crippen molar-refractivity contribution in [3.05, 3.63) is 0 Å². The third-order valence-corrected chi connectivity index (χ3v) is 4.26. The van der Waals surface area contributed by atoms with Crippen LogP contribution in [0.25, 0.3) is 0 Å². The average Bonchev–Trinajstić information content (AvgIpc) is 3.27. The first-order valence-electron chi connectivity index (χ1n) is 8.00. The molecule has 21 heavy (non-hydrogen) atoms. The standard InChI is InChI=1S/C16H32N2O3/c1-7-18(13(4)10-20-5)11-16(14-8-9-14,15(19)21-6)17-12(2)3/h12-14,17H,7-11H2,1-6H3. The van der Waals surface area contributed by atoms with E-state index in [0.29, 0.717) is 19.1 Å². The Kier molecular flexibility index (Phi) is 7.10. The van der Waals surface area contributed by atoms with Gasteiger partial charge in [-0.05, 0) is 46.1 Å². The summed E-state index contributed by atoms with van der Waals surface area (Å²) >= 11 is 0. The van der Waals surface area contributed by atoms with E-state index < -0.39 is 5.54 Å². The normalized spacial score (nSPS) is 19.6. The molecule has 1 rings (SSSR count). The van der Waals surface area contributed by atoms with Crippen LogP contribution in [0.1, 0.15) is 40.5 Å². The Morgan fingerprint density at radius 1 is 1.33 bits per heavy atom. The van der Waals surface area contributed by atoms with Gasteiger partial charge in [-0.1, -0.05) is 6.92 Å². The van der Waals surface area contributed by atoms with Gasteiger partial charge in [0, 0.05) is 25.7 Å². The highest BCUT2D eigenvalue weighted by atomic mass is 16.5. The van der Waals surface area contributed by atoms with E-state index in [-0.39, 0.29) is 18.1 Å². The predicted octanol–water partition coefficient (Wildman–Crippen LogP) is 1.66. The maximum Gasteiger partial charge on any atom is 0.327 e. The highest BCUT2D eigenvalue weighted by Crippen LogP contribution is 2.41. The van der Waals surface area contributed by atoms with Gasteiger partial charge in [0.15, 0.2) is 0 Å². The van der Waals surface area contributed by atoms with Crippen molar-refractivity contribution in [1.29, 1.82) is 0 Å². The Balaban J connectivity index is 2.96. The summed E-state index contributed by atoms with van der Waals surface area (Å²) < 4.78 is 10.4. The molecule has 0 aromatic carbocycles. The van der Waals surface area contributed by atoms with Gasteiger partial charge in [0.1, 0.15) is 5.54 Å². The fourth-order valence-electron chi connectivity index (χ4n) is 3.10. The molecule has 1 N–H and O–H groups in total. The van der Waals surface area contributed by atoms with Gasteiger partial charge in [0.05, 0.1) is 13.7 Å². The smallest absolute Gasteiger partial charge is 0.327 e. The fourth-order valence-corrected chi connectivity index (χ4v) is 3.10. The lowest BCUT2D eigenvalue weighted by Crippen LogP contribution is -2.64. The molecule has 1 aliphatic rings. The molecule has 0 spiro atoms. The van der Waals surface area contributed by atoms with Gasteiger partial charge in [-0.25, -0.2) is 4.79 Å². The van der Waals surface area contributed by atoms with E-state index in [2.05, 4.69) is 37.9 Å². The number of hydrogen-bond acceptors (Lipinski definition) is 5. The molecule has 2 unspecified atom stereocenters. The third kappa shape index (κ3) is 4.66. The molecule has 0 heterocycles. The number of nitrogens with zero attached hydrogens (tertiary/aromatic N) is 1. The van der Waals surface area contributed by atoms with E-state index in [1.165, 1.54) is 7.11 Å². The summed E-state index contributed by atoms with van der Waals surface area (Å²) in [6, 6.07) is 0.512. The second-order valence-corrected chi connectivity index (χ2v) is 6.40. The third-order valence-electron chi connectivity index (χ3n) is 4.26. The van der Waals surface area contributed by atoms with Gasteiger partial charge in [-0.3, -0.25) is 10.2 Å². The molecule has 0 saturated heterocycles. The Labute approximate surface area is 129 Å². The van der Waals surface area contributed by atoms with Crippen LogP contribution in [0.4, 0.5) is 0 Å². The summed E-state index contributed by atoms with van der Waals surface area (Å²) in [6.07, 6.45) is 2.18. The highest BCUT2D eigenvalue weighted by molar-refractivity contribution is 5.82. The topological polar surface area (TPSA) is 50.8 Å². The van der Waals surface area contributed by atoms with Crippen LogP contribution in [0.2, 0.25) is 0 Å². The maximum absolute atomic E-state index is 12.5. The largest absolute Gasteiger partial charge is 0.468 e. The molecular weight excluding hydrogens is 268 g/mol. The van der Waals surface area contributed by atoms with Gasteiger partial charge in [0.25, 0.3) is 0 Å². The number of carbonyl (C=O) groups is 1. The number of nitrogens with one attached hydrogen (secondary N) is 1. The average molecular weight is 300 g/mol. The van der Waals surface area contributed by atoms with E-state index in [1.807, 2.05) is 0 Å². The first-order valence-corrected chi connectivity index (χ1v) is 8.00. The highest BCUT2D eigenvalue weighted by Gasteiger charge is 2.53. The summed E-state index contributed by atoms with van der Waals surface area (Å²) in [7, 11) is 3.20. The number of carbonyl (C=O) groups excluding carboxylic acids is 1. The van der Waals surface area contributed by atoms with Crippen molar-refractivity contribution >= 4 is 5.97 Å². The van der Waals surface area contributed by atoms with E-state index in [9.17, 15) is 4.79 Å². The number of ether oxygens (including phenoxy) is 2. The van der Waals surface area contributed by atoms with Gasteiger partial charge >= 0.3 is 5.97 Å². The monoisotopic (exact) mass is 300 g/mol. The molecule has 0 radical (unpaired) electrons. The van der Waals surface area contributed by atoms with E-state index in [0.717, 1.165) is 19.4 Å². The van der Waals surface area contributed by atoms with Crippen LogP contribution >= 0.6 is 0 Å². The molecule has 1 fully saturated rings. The molecule has 5 nitrogen and oxygen atoms in total. The zero-order chi connectivity index (χ0) is 16.0. The Hall–Kier alpha value is -0.650. The Morgan fingerprint density at radius 3 is 2.33 bits per heavy atom. The molecule has 0 aromatic heterocycles. The van der Waals surface area contributed by atoms with Gasteiger partial charge in [-0.15, -0.1) is 0 Å². The number of rotatable bonds is 10. The molecule has 1 saturated carbocycles. The fraction of sp³-hybridized carbons (Fsp3) is 0.938. The van der Waals surface area contributed by atoms with Crippen molar-refractivity contribution in [1.82, 2.24) is 10.2 Å². The number of methoxy groups -OCH3 is 2. The molecule has 0 aliphatic heterocycles.